The third kappa shape index (κ3) is 4.55. The van der Waals surface area contributed by atoms with Crippen molar-refractivity contribution in [3.63, 3.8) is 0 Å². The highest BCUT2D eigenvalue weighted by molar-refractivity contribution is 6.31. The maximum absolute atomic E-state index is 14.4. The molecule has 8 nitrogen and oxygen atoms in total. The number of hydrazone groups is 1. The van der Waals surface area contributed by atoms with Crippen LogP contribution in [0.4, 0.5) is 10.1 Å². The van der Waals surface area contributed by atoms with Gasteiger partial charge in [0.1, 0.15) is 17.1 Å². The minimum atomic E-state index is -0.973. The summed E-state index contributed by atoms with van der Waals surface area (Å²) < 4.78 is 14.4. The maximum Gasteiger partial charge on any atom is 0.253 e. The van der Waals surface area contributed by atoms with Crippen LogP contribution in [0, 0.1) is 5.82 Å². The van der Waals surface area contributed by atoms with E-state index in [1.54, 1.807) is 7.05 Å². The second kappa shape index (κ2) is 9.89. The molecule has 2 N–H and O–H groups in total. The number of carbonyl (C=O) groups excluding carboxylic acids is 3. The molecule has 2 aromatic carbocycles. The predicted molar refractivity (Wildman–Crippen MR) is 137 cm³/mol. The molecule has 0 aliphatic carbocycles. The van der Waals surface area contributed by atoms with Crippen molar-refractivity contribution in [3.05, 3.63) is 63.9 Å². The maximum atomic E-state index is 14.4. The molecule has 0 spiro atoms. The van der Waals surface area contributed by atoms with Crippen LogP contribution in [0.3, 0.4) is 0 Å². The molecule has 0 unspecified atom stereocenters. The Balaban J connectivity index is 1.73. The smallest absolute Gasteiger partial charge is 0.253 e. The summed E-state index contributed by atoms with van der Waals surface area (Å²) in [7, 11) is 3.06. The van der Waals surface area contributed by atoms with Gasteiger partial charge in [0.15, 0.2) is 0 Å². The van der Waals surface area contributed by atoms with Gasteiger partial charge in [-0.3, -0.25) is 14.4 Å². The van der Waals surface area contributed by atoms with Crippen LogP contribution < -0.4 is 10.6 Å². The van der Waals surface area contributed by atoms with Gasteiger partial charge in [-0.25, -0.2) is 9.40 Å². The first-order valence-electron chi connectivity index (χ1n) is 11.8. The molecular weight excluding hydrogens is 485 g/mol. The standard InChI is InChI=1S/C26H29ClFN5O3/c1-15(2)16-7-5-6-8-18(16)26(13-33(14-26)22-9-10-23(34)32(4)31-22)25(36)30-21-12-20(28)19(27)11-17(21)24(35)29-3/h5-8,11-12,15H,9-10,13-14H2,1-4H3,(H,29,35)(H,30,36). The second-order valence-electron chi connectivity index (χ2n) is 9.46. The number of hydrogen-bond donors (Lipinski definition) is 2. The average Bonchev–Trinajstić information content (AvgIpc) is 2.82. The van der Waals surface area contributed by atoms with Gasteiger partial charge < -0.3 is 15.5 Å². The minimum absolute atomic E-state index is 0.0430. The van der Waals surface area contributed by atoms with Gasteiger partial charge in [0.05, 0.1) is 16.3 Å². The van der Waals surface area contributed by atoms with Crippen molar-refractivity contribution in [2.24, 2.45) is 5.10 Å². The Hall–Kier alpha value is -3.46. The lowest BCUT2D eigenvalue weighted by Crippen LogP contribution is -2.67. The zero-order chi connectivity index (χ0) is 26.2. The summed E-state index contributed by atoms with van der Waals surface area (Å²) in [6.07, 6.45) is 0.850. The van der Waals surface area contributed by atoms with Crippen molar-refractivity contribution in [3.8, 4) is 0 Å². The topological polar surface area (TPSA) is 94.1 Å². The van der Waals surface area contributed by atoms with E-state index in [-0.39, 0.29) is 34.0 Å². The van der Waals surface area contributed by atoms with Crippen LogP contribution in [0.15, 0.2) is 41.5 Å². The van der Waals surface area contributed by atoms with Crippen molar-refractivity contribution >= 4 is 40.8 Å². The Morgan fingerprint density at radius 1 is 1.17 bits per heavy atom. The molecule has 2 aliphatic heterocycles. The Morgan fingerprint density at radius 2 is 1.86 bits per heavy atom. The molecule has 36 heavy (non-hydrogen) atoms. The van der Waals surface area contributed by atoms with Crippen LogP contribution in [0.2, 0.25) is 5.02 Å². The Labute approximate surface area is 214 Å². The first kappa shape index (κ1) is 25.6. The van der Waals surface area contributed by atoms with Gasteiger partial charge in [0.25, 0.3) is 5.91 Å². The van der Waals surface area contributed by atoms with E-state index in [1.165, 1.54) is 18.1 Å². The van der Waals surface area contributed by atoms with Gasteiger partial charge >= 0.3 is 0 Å². The number of anilines is 1. The summed E-state index contributed by atoms with van der Waals surface area (Å²) in [6, 6.07) is 10.0. The van der Waals surface area contributed by atoms with Crippen LogP contribution in [-0.4, -0.2) is 60.7 Å². The quantitative estimate of drug-likeness (QED) is 0.637. The lowest BCUT2D eigenvalue weighted by molar-refractivity contribution is -0.131. The first-order chi connectivity index (χ1) is 17.1. The van der Waals surface area contributed by atoms with Crippen LogP contribution >= 0.6 is 11.6 Å². The molecule has 2 aromatic rings. The lowest BCUT2D eigenvalue weighted by atomic mass is 9.69. The van der Waals surface area contributed by atoms with Gasteiger partial charge in [-0.05, 0) is 29.2 Å². The molecule has 190 valence electrons. The van der Waals surface area contributed by atoms with Gasteiger partial charge in [0, 0.05) is 40.0 Å². The normalized spacial score (nSPS) is 17.0. The third-order valence-electron chi connectivity index (χ3n) is 6.79. The number of amides is 3. The largest absolute Gasteiger partial charge is 0.356 e. The summed E-state index contributed by atoms with van der Waals surface area (Å²) in [5.74, 6) is -0.755. The zero-order valence-electron chi connectivity index (χ0n) is 20.7. The van der Waals surface area contributed by atoms with Gasteiger partial charge in [-0.2, -0.15) is 5.10 Å². The zero-order valence-corrected chi connectivity index (χ0v) is 21.4. The Bertz CT molecular complexity index is 1260. The average molecular weight is 514 g/mol. The molecule has 0 bridgehead atoms. The highest BCUT2D eigenvalue weighted by atomic mass is 35.5. The summed E-state index contributed by atoms with van der Waals surface area (Å²) in [6.45, 7) is 4.78. The van der Waals surface area contributed by atoms with Crippen molar-refractivity contribution < 1.29 is 18.8 Å². The minimum Gasteiger partial charge on any atom is -0.356 e. The fourth-order valence-electron chi connectivity index (χ4n) is 4.76. The molecule has 0 saturated carbocycles. The van der Waals surface area contributed by atoms with Crippen LogP contribution in [0.5, 0.6) is 0 Å². The van der Waals surface area contributed by atoms with E-state index in [0.717, 1.165) is 23.0 Å². The van der Waals surface area contributed by atoms with Crippen molar-refractivity contribution in [1.82, 2.24) is 15.2 Å². The number of nitrogens with one attached hydrogen (secondary N) is 2. The molecule has 10 heteroatoms. The molecular formula is C26H29ClFN5O3. The van der Waals surface area contributed by atoms with Crippen molar-refractivity contribution in [2.45, 2.75) is 38.0 Å². The van der Waals surface area contributed by atoms with E-state index in [0.29, 0.717) is 25.9 Å². The highest BCUT2D eigenvalue weighted by Crippen LogP contribution is 2.41. The summed E-state index contributed by atoms with van der Waals surface area (Å²) in [5, 5.41) is 10.8. The van der Waals surface area contributed by atoms with E-state index in [2.05, 4.69) is 29.6 Å². The fraction of sp³-hybridized carbons (Fsp3) is 0.385. The van der Waals surface area contributed by atoms with Crippen molar-refractivity contribution in [1.29, 1.82) is 0 Å². The van der Waals surface area contributed by atoms with Crippen LogP contribution in [-0.2, 0) is 15.0 Å². The molecule has 0 radical (unpaired) electrons. The van der Waals surface area contributed by atoms with Gasteiger partial charge in [0.2, 0.25) is 11.8 Å². The monoisotopic (exact) mass is 513 g/mol. The lowest BCUT2D eigenvalue weighted by Gasteiger charge is -2.51. The van der Waals surface area contributed by atoms with Crippen LogP contribution in [0.25, 0.3) is 0 Å². The van der Waals surface area contributed by atoms with E-state index in [9.17, 15) is 18.8 Å². The van der Waals surface area contributed by atoms with E-state index >= 15 is 0 Å². The van der Waals surface area contributed by atoms with Gasteiger partial charge in [-0.1, -0.05) is 49.7 Å². The molecule has 1 fully saturated rings. The molecule has 0 aromatic heterocycles. The molecule has 2 heterocycles. The van der Waals surface area contributed by atoms with Crippen LogP contribution in [0.1, 0.15) is 54.1 Å². The molecule has 0 atom stereocenters. The molecule has 4 rings (SSSR count). The molecule has 1 saturated heterocycles. The number of rotatable bonds is 5. The molecule has 3 amide bonds. The Morgan fingerprint density at radius 3 is 2.50 bits per heavy atom. The second-order valence-corrected chi connectivity index (χ2v) is 9.87. The fourth-order valence-corrected chi connectivity index (χ4v) is 4.92. The highest BCUT2D eigenvalue weighted by Gasteiger charge is 2.53. The van der Waals surface area contributed by atoms with Crippen molar-refractivity contribution in [2.75, 3.05) is 32.5 Å². The summed E-state index contributed by atoms with van der Waals surface area (Å²) in [5.41, 5.74) is 1.03. The summed E-state index contributed by atoms with van der Waals surface area (Å²) in [4.78, 5) is 40.3. The third-order valence-corrected chi connectivity index (χ3v) is 7.08. The number of hydrogen-bond acceptors (Lipinski definition) is 5. The Kier molecular flexibility index (Phi) is 7.04. The number of halogens is 2. The van der Waals surface area contributed by atoms with Gasteiger partial charge in [-0.15, -0.1) is 0 Å². The first-order valence-corrected chi connectivity index (χ1v) is 12.2. The van der Waals surface area contributed by atoms with E-state index in [4.69, 9.17) is 11.6 Å². The number of nitrogens with zero attached hydrogens (tertiary/aromatic N) is 3. The SMILES string of the molecule is CNC(=O)c1cc(Cl)c(F)cc1NC(=O)C1(c2ccccc2C(C)C)CN(C2=NN(C)C(=O)CC2)C1. The molecule has 2 aliphatic rings. The number of amidine groups is 1. The summed E-state index contributed by atoms with van der Waals surface area (Å²) >= 11 is 5.91. The van der Waals surface area contributed by atoms with E-state index in [1.807, 2.05) is 29.2 Å². The number of benzene rings is 2. The number of likely N-dealkylation sites (tertiary alicyclic amines) is 1. The predicted octanol–water partition coefficient (Wildman–Crippen LogP) is 3.72. The number of carbonyl (C=O) groups is 3. The van der Waals surface area contributed by atoms with E-state index < -0.39 is 17.1 Å².